The first-order chi connectivity index (χ1) is 14.0. The summed E-state index contributed by atoms with van der Waals surface area (Å²) in [5.41, 5.74) is 1.58. The average molecular weight is 398 g/mol. The van der Waals surface area contributed by atoms with Crippen LogP contribution < -0.4 is 0 Å². The Bertz CT molecular complexity index is 861. The predicted molar refractivity (Wildman–Crippen MR) is 107 cm³/mol. The molecule has 0 unspecified atom stereocenters. The van der Waals surface area contributed by atoms with Gasteiger partial charge in [-0.15, -0.1) is 0 Å². The number of phenols is 2. The second-order valence-corrected chi connectivity index (χ2v) is 5.92. The van der Waals surface area contributed by atoms with Crippen LogP contribution in [0.2, 0.25) is 0 Å². The summed E-state index contributed by atoms with van der Waals surface area (Å²) in [6.07, 6.45) is 0.114. The number of aromatic hydroxyl groups is 2. The quantitative estimate of drug-likeness (QED) is 0.304. The van der Waals surface area contributed by atoms with E-state index in [1.807, 2.05) is 0 Å². The predicted octanol–water partition coefficient (Wildman–Crippen LogP) is 3.50. The normalized spacial score (nSPS) is 11.8. The fraction of sp³-hybridized carbons (Fsp3) is 0.238. The van der Waals surface area contributed by atoms with Crippen molar-refractivity contribution in [2.24, 2.45) is 10.3 Å². The zero-order valence-corrected chi connectivity index (χ0v) is 16.2. The summed E-state index contributed by atoms with van der Waals surface area (Å²) >= 11 is 0. The van der Waals surface area contributed by atoms with Crippen LogP contribution in [0.15, 0.2) is 58.8 Å². The lowest BCUT2D eigenvalue weighted by molar-refractivity contribution is -0.154. The highest BCUT2D eigenvalue weighted by molar-refractivity contribution is 6.03. The molecular formula is C21H22N2O6. The number of para-hydroxylation sites is 2. The molecule has 29 heavy (non-hydrogen) atoms. The zero-order chi connectivity index (χ0) is 21.2. The summed E-state index contributed by atoms with van der Waals surface area (Å²) in [7, 11) is 0. The van der Waals surface area contributed by atoms with Crippen molar-refractivity contribution in [3.05, 3.63) is 59.7 Å². The molecule has 2 rings (SSSR count). The summed E-state index contributed by atoms with van der Waals surface area (Å²) in [6.45, 7) is 3.57. The van der Waals surface area contributed by atoms with Crippen LogP contribution in [-0.4, -0.2) is 33.6 Å². The van der Waals surface area contributed by atoms with Crippen LogP contribution in [0.3, 0.4) is 0 Å². The van der Waals surface area contributed by atoms with Crippen LogP contribution in [0.4, 0.5) is 0 Å². The Morgan fingerprint density at radius 1 is 0.759 bits per heavy atom. The molecule has 2 aromatic rings. The van der Waals surface area contributed by atoms with Crippen molar-refractivity contribution in [3.8, 4) is 11.5 Å². The van der Waals surface area contributed by atoms with Gasteiger partial charge in [0.15, 0.2) is 0 Å². The van der Waals surface area contributed by atoms with Crippen LogP contribution in [0.1, 0.15) is 44.2 Å². The topological polar surface area (TPSA) is 118 Å². The van der Waals surface area contributed by atoms with Gasteiger partial charge in [-0.05, 0) is 37.1 Å². The molecule has 0 saturated heterocycles. The van der Waals surface area contributed by atoms with Crippen LogP contribution in [-0.2, 0) is 19.3 Å². The summed E-state index contributed by atoms with van der Waals surface area (Å²) in [5, 5.41) is 27.2. The van der Waals surface area contributed by atoms with Gasteiger partial charge in [-0.3, -0.25) is 0 Å². The van der Waals surface area contributed by atoms with Crippen LogP contribution in [0, 0.1) is 0 Å². The fourth-order valence-corrected chi connectivity index (χ4v) is 2.44. The van der Waals surface area contributed by atoms with E-state index in [2.05, 4.69) is 10.3 Å². The van der Waals surface area contributed by atoms with Crippen molar-refractivity contribution in [2.75, 3.05) is 0 Å². The van der Waals surface area contributed by atoms with Gasteiger partial charge in [-0.2, -0.15) is 0 Å². The molecule has 0 aliphatic carbocycles. The van der Waals surface area contributed by atoms with Gasteiger partial charge in [0.05, 0.1) is 11.4 Å². The van der Waals surface area contributed by atoms with Crippen molar-refractivity contribution in [3.63, 3.8) is 0 Å². The van der Waals surface area contributed by atoms with Crippen molar-refractivity contribution < 1.29 is 29.5 Å². The lowest BCUT2D eigenvalue weighted by Gasteiger charge is -2.06. The minimum Gasteiger partial charge on any atom is -0.507 e. The highest BCUT2D eigenvalue weighted by atomic mass is 16.7. The van der Waals surface area contributed by atoms with E-state index in [1.165, 1.54) is 12.1 Å². The lowest BCUT2D eigenvalue weighted by Crippen LogP contribution is -2.12. The molecule has 152 valence electrons. The third-order valence-corrected chi connectivity index (χ3v) is 3.90. The molecule has 0 heterocycles. The van der Waals surface area contributed by atoms with Crippen LogP contribution in [0.25, 0.3) is 0 Å². The number of oxime groups is 2. The molecule has 0 spiro atoms. The lowest BCUT2D eigenvalue weighted by atomic mass is 10.1. The van der Waals surface area contributed by atoms with Gasteiger partial charge >= 0.3 is 11.9 Å². The summed E-state index contributed by atoms with van der Waals surface area (Å²) < 4.78 is 0. The number of rotatable bonds is 8. The Morgan fingerprint density at radius 3 is 1.48 bits per heavy atom. The zero-order valence-electron chi connectivity index (χ0n) is 16.2. The van der Waals surface area contributed by atoms with Gasteiger partial charge in [-0.25, -0.2) is 9.59 Å². The highest BCUT2D eigenvalue weighted by Gasteiger charge is 2.15. The van der Waals surface area contributed by atoms with Crippen molar-refractivity contribution >= 4 is 23.4 Å². The van der Waals surface area contributed by atoms with Crippen molar-refractivity contribution in [2.45, 2.75) is 33.1 Å². The standard InChI is InChI=1S/C21H22N2O6/c1-3-16(14-9-5-7-11-18(14)24)22-28-20(26)13-21(27)29-23-17(4-2)15-10-6-8-12-19(15)25/h5-12,24-25H,3-4,13H2,1-2H3/b22-16-,23-17-. The maximum absolute atomic E-state index is 11.8. The number of carbonyl (C=O) groups excluding carboxylic acids is 2. The third-order valence-electron chi connectivity index (χ3n) is 3.90. The molecule has 0 aromatic heterocycles. The SMILES string of the molecule is CC/C(=N/OC(=O)CC(=O)O/N=C(/CC)c1ccccc1O)c1ccccc1O. The number of benzene rings is 2. The Kier molecular flexibility index (Phi) is 7.90. The number of carbonyl (C=O) groups is 2. The van der Waals surface area contributed by atoms with Crippen LogP contribution >= 0.6 is 0 Å². The van der Waals surface area contributed by atoms with E-state index in [9.17, 15) is 19.8 Å². The number of phenolic OH excluding ortho intramolecular Hbond substituents is 2. The van der Waals surface area contributed by atoms with E-state index in [0.29, 0.717) is 35.4 Å². The van der Waals surface area contributed by atoms with E-state index in [4.69, 9.17) is 9.68 Å². The fourth-order valence-electron chi connectivity index (χ4n) is 2.44. The van der Waals surface area contributed by atoms with E-state index < -0.39 is 18.4 Å². The molecule has 0 amide bonds. The monoisotopic (exact) mass is 398 g/mol. The molecular weight excluding hydrogens is 376 g/mol. The largest absolute Gasteiger partial charge is 0.507 e. The molecule has 8 heteroatoms. The van der Waals surface area contributed by atoms with Gasteiger partial charge in [0, 0.05) is 11.1 Å². The van der Waals surface area contributed by atoms with Gasteiger partial charge in [0.2, 0.25) is 0 Å². The molecule has 0 aliphatic heterocycles. The van der Waals surface area contributed by atoms with E-state index in [0.717, 1.165) is 0 Å². The van der Waals surface area contributed by atoms with Gasteiger partial charge in [0.1, 0.15) is 17.9 Å². The number of hydrogen-bond acceptors (Lipinski definition) is 8. The van der Waals surface area contributed by atoms with E-state index >= 15 is 0 Å². The summed E-state index contributed by atoms with van der Waals surface area (Å²) in [6, 6.07) is 13.0. The van der Waals surface area contributed by atoms with Crippen molar-refractivity contribution in [1.29, 1.82) is 0 Å². The van der Waals surface area contributed by atoms with Gasteiger partial charge in [-0.1, -0.05) is 48.4 Å². The smallest absolute Gasteiger partial charge is 0.346 e. The van der Waals surface area contributed by atoms with E-state index in [-0.39, 0.29) is 11.5 Å². The highest BCUT2D eigenvalue weighted by Crippen LogP contribution is 2.19. The summed E-state index contributed by atoms with van der Waals surface area (Å²) in [5.74, 6) is -1.83. The number of nitrogens with zero attached hydrogens (tertiary/aromatic N) is 2. The first kappa shape index (κ1) is 21.6. The van der Waals surface area contributed by atoms with Crippen LogP contribution in [0.5, 0.6) is 11.5 Å². The van der Waals surface area contributed by atoms with Gasteiger partial charge in [0.25, 0.3) is 0 Å². The Hall–Kier alpha value is -3.68. The molecule has 2 N–H and O–H groups in total. The Balaban J connectivity index is 1.97. The second kappa shape index (κ2) is 10.6. The Labute approximate surface area is 168 Å². The molecule has 0 radical (unpaired) electrons. The minimum absolute atomic E-state index is 0.00848. The molecule has 0 aliphatic rings. The first-order valence-corrected chi connectivity index (χ1v) is 9.06. The minimum atomic E-state index is -0.924. The first-order valence-electron chi connectivity index (χ1n) is 9.06. The molecule has 0 atom stereocenters. The molecule has 0 saturated carbocycles. The number of hydrogen-bond donors (Lipinski definition) is 2. The van der Waals surface area contributed by atoms with E-state index in [1.54, 1.807) is 50.2 Å². The maximum Gasteiger partial charge on any atom is 0.346 e. The maximum atomic E-state index is 11.8. The third kappa shape index (κ3) is 6.17. The van der Waals surface area contributed by atoms with Crippen molar-refractivity contribution in [1.82, 2.24) is 0 Å². The molecule has 0 fully saturated rings. The van der Waals surface area contributed by atoms with Gasteiger partial charge < -0.3 is 19.9 Å². The molecule has 2 aromatic carbocycles. The molecule has 8 nitrogen and oxygen atoms in total. The molecule has 0 bridgehead atoms. The summed E-state index contributed by atoms with van der Waals surface area (Å²) in [4.78, 5) is 33.2. The average Bonchev–Trinajstić information content (AvgIpc) is 2.71. The second-order valence-electron chi connectivity index (χ2n) is 5.92. The Morgan fingerprint density at radius 2 is 1.14 bits per heavy atom.